The molecule has 0 fully saturated rings. The highest BCUT2D eigenvalue weighted by molar-refractivity contribution is 6.27. The Morgan fingerprint density at radius 1 is 1.12 bits per heavy atom. The Labute approximate surface area is 192 Å². The second-order valence-corrected chi connectivity index (χ2v) is 7.51. The number of nitrogens with one attached hydrogen (secondary N) is 1. The Bertz CT molecular complexity index is 1040. The average Bonchev–Trinajstić information content (AvgIpc) is 3.25. The smallest absolute Gasteiger partial charge is 0.245 e. The monoisotopic (exact) mass is 454 g/mol. The fraction of sp³-hybridized carbons (Fsp3) is 0.292. The summed E-state index contributed by atoms with van der Waals surface area (Å²) in [5.74, 6) is 0.505. The lowest BCUT2D eigenvalue weighted by molar-refractivity contribution is -0.132. The lowest BCUT2D eigenvalue weighted by Gasteiger charge is -2.21. The minimum atomic E-state index is -0.311. The molecule has 2 amide bonds. The number of unbranched alkanes of at least 4 members (excludes halogenated alkanes) is 1. The molecule has 0 aliphatic rings. The summed E-state index contributed by atoms with van der Waals surface area (Å²) in [6, 6.07) is 18.9. The minimum Gasteiger partial charge on any atom is -0.497 e. The standard InChI is InChI=1S/C24H27ClN4O3/c1-3-4-14-28(24(31)16-25)17-23(30)26-22-15-21(18-8-6-5-7-9-18)27-29(22)19-10-12-20(32-2)13-11-19/h5-13,15H,3-4,14,16-17H2,1-2H3,(H,26,30). The van der Waals surface area contributed by atoms with Gasteiger partial charge in [0.05, 0.1) is 25.0 Å². The number of carbonyl (C=O) groups is 2. The fourth-order valence-corrected chi connectivity index (χ4v) is 3.39. The van der Waals surface area contributed by atoms with Gasteiger partial charge >= 0.3 is 0 Å². The highest BCUT2D eigenvalue weighted by Crippen LogP contribution is 2.25. The van der Waals surface area contributed by atoms with E-state index in [-0.39, 0.29) is 24.2 Å². The first-order valence-corrected chi connectivity index (χ1v) is 11.0. The number of hydrogen-bond acceptors (Lipinski definition) is 4. The second kappa shape index (κ2) is 11.3. The number of aromatic nitrogens is 2. The van der Waals surface area contributed by atoms with E-state index in [9.17, 15) is 9.59 Å². The van der Waals surface area contributed by atoms with Crippen molar-refractivity contribution < 1.29 is 14.3 Å². The van der Waals surface area contributed by atoms with E-state index in [1.54, 1.807) is 11.8 Å². The van der Waals surface area contributed by atoms with Gasteiger partial charge in [0.2, 0.25) is 11.8 Å². The molecule has 0 atom stereocenters. The van der Waals surface area contributed by atoms with Crippen LogP contribution >= 0.6 is 11.6 Å². The average molecular weight is 455 g/mol. The van der Waals surface area contributed by atoms with Crippen LogP contribution < -0.4 is 10.1 Å². The maximum absolute atomic E-state index is 12.8. The van der Waals surface area contributed by atoms with E-state index in [1.807, 2.05) is 67.6 Å². The molecule has 168 valence electrons. The van der Waals surface area contributed by atoms with Gasteiger partial charge < -0.3 is 15.0 Å². The summed E-state index contributed by atoms with van der Waals surface area (Å²) < 4.78 is 6.90. The number of benzene rings is 2. The van der Waals surface area contributed by atoms with Crippen molar-refractivity contribution in [2.24, 2.45) is 0 Å². The summed E-state index contributed by atoms with van der Waals surface area (Å²) in [4.78, 5) is 26.4. The van der Waals surface area contributed by atoms with E-state index in [2.05, 4.69) is 5.32 Å². The van der Waals surface area contributed by atoms with E-state index >= 15 is 0 Å². The van der Waals surface area contributed by atoms with Crippen LogP contribution in [-0.2, 0) is 9.59 Å². The Hall–Kier alpha value is -3.32. The van der Waals surface area contributed by atoms with Crippen molar-refractivity contribution in [2.45, 2.75) is 19.8 Å². The molecule has 1 heterocycles. The van der Waals surface area contributed by atoms with Gasteiger partial charge in [-0.25, -0.2) is 4.68 Å². The van der Waals surface area contributed by atoms with Crippen LogP contribution in [-0.4, -0.2) is 52.6 Å². The summed E-state index contributed by atoms with van der Waals surface area (Å²) in [5, 5.41) is 7.61. The summed E-state index contributed by atoms with van der Waals surface area (Å²) in [6.45, 7) is 2.45. The normalized spacial score (nSPS) is 10.6. The molecule has 0 radical (unpaired) electrons. The molecule has 8 heteroatoms. The van der Waals surface area contributed by atoms with E-state index in [0.29, 0.717) is 12.4 Å². The van der Waals surface area contributed by atoms with Crippen molar-refractivity contribution in [3.8, 4) is 22.7 Å². The van der Waals surface area contributed by atoms with Crippen LogP contribution in [0.1, 0.15) is 19.8 Å². The lowest BCUT2D eigenvalue weighted by atomic mass is 10.1. The molecule has 0 unspecified atom stereocenters. The summed E-state index contributed by atoms with van der Waals surface area (Å²) >= 11 is 5.72. The minimum absolute atomic E-state index is 0.0694. The zero-order valence-electron chi connectivity index (χ0n) is 18.3. The molecule has 7 nitrogen and oxygen atoms in total. The molecular weight excluding hydrogens is 428 g/mol. The lowest BCUT2D eigenvalue weighted by Crippen LogP contribution is -2.39. The third-order valence-corrected chi connectivity index (χ3v) is 5.18. The first-order chi connectivity index (χ1) is 15.5. The molecular formula is C24H27ClN4O3. The molecule has 32 heavy (non-hydrogen) atoms. The van der Waals surface area contributed by atoms with Crippen LogP contribution in [0.3, 0.4) is 0 Å². The van der Waals surface area contributed by atoms with Gasteiger partial charge in [-0.3, -0.25) is 9.59 Å². The van der Waals surface area contributed by atoms with Crippen LogP contribution in [0, 0.1) is 0 Å². The number of methoxy groups -OCH3 is 1. The Morgan fingerprint density at radius 3 is 2.47 bits per heavy atom. The maximum atomic E-state index is 12.8. The molecule has 0 saturated carbocycles. The Balaban J connectivity index is 1.88. The van der Waals surface area contributed by atoms with Crippen LogP contribution in [0.2, 0.25) is 0 Å². The van der Waals surface area contributed by atoms with Gasteiger partial charge in [-0.15, -0.1) is 11.6 Å². The third-order valence-electron chi connectivity index (χ3n) is 4.95. The van der Waals surface area contributed by atoms with Crippen molar-refractivity contribution >= 4 is 29.2 Å². The number of amides is 2. The van der Waals surface area contributed by atoms with Crippen LogP contribution in [0.5, 0.6) is 5.75 Å². The molecule has 3 aromatic rings. The summed E-state index contributed by atoms with van der Waals surface area (Å²) in [7, 11) is 1.61. The maximum Gasteiger partial charge on any atom is 0.245 e. The molecule has 2 aromatic carbocycles. The molecule has 1 aromatic heterocycles. The molecule has 0 spiro atoms. The Kier molecular flexibility index (Phi) is 8.27. The number of anilines is 1. The van der Waals surface area contributed by atoms with Gasteiger partial charge in [0, 0.05) is 18.2 Å². The van der Waals surface area contributed by atoms with Gasteiger partial charge in [-0.05, 0) is 30.7 Å². The van der Waals surface area contributed by atoms with Crippen molar-refractivity contribution in [1.82, 2.24) is 14.7 Å². The van der Waals surface area contributed by atoms with Crippen LogP contribution in [0.25, 0.3) is 16.9 Å². The van der Waals surface area contributed by atoms with Gasteiger partial charge in [0.25, 0.3) is 0 Å². The highest BCUT2D eigenvalue weighted by atomic mass is 35.5. The van der Waals surface area contributed by atoms with Gasteiger partial charge in [-0.1, -0.05) is 43.7 Å². The van der Waals surface area contributed by atoms with Crippen molar-refractivity contribution in [1.29, 1.82) is 0 Å². The SMILES string of the molecule is CCCCN(CC(=O)Nc1cc(-c2ccccc2)nn1-c1ccc(OC)cc1)C(=O)CCl. The highest BCUT2D eigenvalue weighted by Gasteiger charge is 2.19. The van der Waals surface area contributed by atoms with E-state index in [4.69, 9.17) is 21.4 Å². The topological polar surface area (TPSA) is 76.5 Å². The first kappa shape index (κ1) is 23.3. The number of rotatable bonds is 10. The first-order valence-electron chi connectivity index (χ1n) is 10.5. The van der Waals surface area contributed by atoms with E-state index in [0.717, 1.165) is 35.5 Å². The number of nitrogens with zero attached hydrogens (tertiary/aromatic N) is 3. The number of hydrogen-bond donors (Lipinski definition) is 1. The van der Waals surface area contributed by atoms with E-state index < -0.39 is 0 Å². The zero-order valence-corrected chi connectivity index (χ0v) is 19.0. The molecule has 0 bridgehead atoms. The molecule has 3 rings (SSSR count). The fourth-order valence-electron chi connectivity index (χ4n) is 3.22. The zero-order chi connectivity index (χ0) is 22.9. The van der Waals surface area contributed by atoms with Gasteiger partial charge in [0.1, 0.15) is 17.4 Å². The number of ether oxygens (including phenoxy) is 1. The largest absolute Gasteiger partial charge is 0.497 e. The number of halogens is 1. The predicted molar refractivity (Wildman–Crippen MR) is 126 cm³/mol. The molecule has 1 N–H and O–H groups in total. The Morgan fingerprint density at radius 2 is 1.84 bits per heavy atom. The van der Waals surface area contributed by atoms with Crippen molar-refractivity contribution in [2.75, 3.05) is 31.4 Å². The van der Waals surface area contributed by atoms with Crippen molar-refractivity contribution in [3.63, 3.8) is 0 Å². The second-order valence-electron chi connectivity index (χ2n) is 7.24. The summed E-state index contributed by atoms with van der Waals surface area (Å²) in [6.07, 6.45) is 1.72. The summed E-state index contributed by atoms with van der Waals surface area (Å²) in [5.41, 5.74) is 2.41. The molecule has 0 saturated heterocycles. The van der Waals surface area contributed by atoms with Crippen LogP contribution in [0.4, 0.5) is 5.82 Å². The molecule has 0 aliphatic heterocycles. The number of carbonyl (C=O) groups excluding carboxylic acids is 2. The molecule has 0 aliphatic carbocycles. The van der Waals surface area contributed by atoms with Gasteiger partial charge in [-0.2, -0.15) is 5.10 Å². The van der Waals surface area contributed by atoms with Crippen LogP contribution in [0.15, 0.2) is 60.7 Å². The number of alkyl halides is 1. The van der Waals surface area contributed by atoms with Gasteiger partial charge in [0.15, 0.2) is 0 Å². The van der Waals surface area contributed by atoms with Crippen molar-refractivity contribution in [3.05, 3.63) is 60.7 Å². The third kappa shape index (κ3) is 5.88. The predicted octanol–water partition coefficient (Wildman–Crippen LogP) is 4.35. The quantitative estimate of drug-likeness (QED) is 0.462. The van der Waals surface area contributed by atoms with E-state index in [1.165, 1.54) is 4.90 Å².